The van der Waals surface area contributed by atoms with Gasteiger partial charge in [0.1, 0.15) is 17.5 Å². The van der Waals surface area contributed by atoms with Crippen molar-refractivity contribution < 1.29 is 8.42 Å². The molecule has 0 aliphatic carbocycles. The number of hydrogen-bond donors (Lipinski definition) is 2. The Morgan fingerprint density at radius 1 is 1.10 bits per heavy atom. The van der Waals surface area contributed by atoms with Gasteiger partial charge >= 0.3 is 0 Å². The Kier molecular flexibility index (Phi) is 5.95. The first-order chi connectivity index (χ1) is 9.68. The van der Waals surface area contributed by atoms with Gasteiger partial charge < -0.3 is 10.6 Å². The number of rotatable bonds is 7. The summed E-state index contributed by atoms with van der Waals surface area (Å²) in [6.45, 7) is 10.9. The fourth-order valence-electron chi connectivity index (χ4n) is 1.62. The summed E-state index contributed by atoms with van der Waals surface area (Å²) >= 11 is 0. The van der Waals surface area contributed by atoms with E-state index in [0.717, 1.165) is 18.2 Å². The molecule has 0 aliphatic heterocycles. The lowest BCUT2D eigenvalue weighted by atomic mass is 9.96. The molecular formula is C14H26N4O2S. The van der Waals surface area contributed by atoms with Crippen LogP contribution >= 0.6 is 0 Å². The molecule has 2 N–H and O–H groups in total. The predicted molar refractivity (Wildman–Crippen MR) is 87.7 cm³/mol. The summed E-state index contributed by atoms with van der Waals surface area (Å²) in [5.74, 6) is 2.39. The largest absolute Gasteiger partial charge is 0.370 e. The maximum atomic E-state index is 11.5. The molecule has 1 aromatic heterocycles. The standard InChI is InChI=1S/C14H26N4O2S/c1-6-15-11-10-12(16-8-9-21(19,20)7-2)18-13(17-11)14(3,4)5/h10H,6-9H2,1-5H3,(H2,15,16,17,18). The summed E-state index contributed by atoms with van der Waals surface area (Å²) in [4.78, 5) is 8.96. The van der Waals surface area contributed by atoms with Crippen molar-refractivity contribution in [3.05, 3.63) is 11.9 Å². The van der Waals surface area contributed by atoms with Crippen molar-refractivity contribution in [1.29, 1.82) is 0 Å². The van der Waals surface area contributed by atoms with Crippen LogP contribution in [-0.4, -0.2) is 43.0 Å². The molecule has 0 radical (unpaired) electrons. The minimum absolute atomic E-state index is 0.106. The Bertz CT molecular complexity index is 565. The number of aromatic nitrogens is 2. The smallest absolute Gasteiger partial charge is 0.151 e. The van der Waals surface area contributed by atoms with E-state index in [4.69, 9.17) is 0 Å². The molecule has 0 aromatic carbocycles. The zero-order valence-corrected chi connectivity index (χ0v) is 14.3. The molecule has 0 unspecified atom stereocenters. The van der Waals surface area contributed by atoms with Crippen LogP contribution in [0.2, 0.25) is 0 Å². The quantitative estimate of drug-likeness (QED) is 0.801. The van der Waals surface area contributed by atoms with E-state index in [1.54, 1.807) is 13.0 Å². The van der Waals surface area contributed by atoms with E-state index < -0.39 is 9.84 Å². The van der Waals surface area contributed by atoms with E-state index in [1.807, 2.05) is 27.7 Å². The molecule has 0 spiro atoms. The highest BCUT2D eigenvalue weighted by molar-refractivity contribution is 7.91. The van der Waals surface area contributed by atoms with Crippen LogP contribution in [0.15, 0.2) is 6.07 Å². The maximum Gasteiger partial charge on any atom is 0.151 e. The van der Waals surface area contributed by atoms with Crippen LogP contribution in [0, 0.1) is 0 Å². The Labute approximate surface area is 127 Å². The second-order valence-electron chi connectivity index (χ2n) is 5.91. The second kappa shape index (κ2) is 7.06. The van der Waals surface area contributed by atoms with Gasteiger partial charge in [-0.3, -0.25) is 0 Å². The van der Waals surface area contributed by atoms with Gasteiger partial charge in [0.2, 0.25) is 0 Å². The van der Waals surface area contributed by atoms with Crippen LogP contribution in [0.3, 0.4) is 0 Å². The van der Waals surface area contributed by atoms with Gasteiger partial charge in [-0.15, -0.1) is 0 Å². The molecule has 21 heavy (non-hydrogen) atoms. The fraction of sp³-hybridized carbons (Fsp3) is 0.714. The molecular weight excluding hydrogens is 288 g/mol. The minimum Gasteiger partial charge on any atom is -0.370 e. The van der Waals surface area contributed by atoms with Crippen LogP contribution in [0.4, 0.5) is 11.6 Å². The van der Waals surface area contributed by atoms with E-state index in [1.165, 1.54) is 0 Å². The van der Waals surface area contributed by atoms with Gasteiger partial charge in [0.15, 0.2) is 9.84 Å². The number of anilines is 2. The second-order valence-corrected chi connectivity index (χ2v) is 8.38. The van der Waals surface area contributed by atoms with Crippen molar-refractivity contribution in [2.24, 2.45) is 0 Å². The van der Waals surface area contributed by atoms with E-state index in [2.05, 4.69) is 20.6 Å². The van der Waals surface area contributed by atoms with Crippen molar-refractivity contribution in [3.8, 4) is 0 Å². The summed E-state index contributed by atoms with van der Waals surface area (Å²) in [6.07, 6.45) is 0. The molecule has 0 aliphatic rings. The number of hydrogen-bond acceptors (Lipinski definition) is 6. The molecule has 1 rings (SSSR count). The molecule has 0 saturated carbocycles. The molecule has 1 aromatic rings. The molecule has 0 fully saturated rings. The van der Waals surface area contributed by atoms with Crippen molar-refractivity contribution in [1.82, 2.24) is 9.97 Å². The van der Waals surface area contributed by atoms with Gasteiger partial charge in [-0.1, -0.05) is 27.7 Å². The van der Waals surface area contributed by atoms with E-state index >= 15 is 0 Å². The molecule has 0 bridgehead atoms. The molecule has 0 atom stereocenters. The van der Waals surface area contributed by atoms with Crippen LogP contribution in [0.1, 0.15) is 40.4 Å². The van der Waals surface area contributed by atoms with E-state index in [0.29, 0.717) is 12.4 Å². The van der Waals surface area contributed by atoms with Gasteiger partial charge in [0.05, 0.1) is 5.75 Å². The predicted octanol–water partition coefficient (Wildman–Crippen LogP) is 2.05. The summed E-state index contributed by atoms with van der Waals surface area (Å²) < 4.78 is 23.0. The zero-order chi connectivity index (χ0) is 16.1. The van der Waals surface area contributed by atoms with E-state index in [9.17, 15) is 8.42 Å². The van der Waals surface area contributed by atoms with Gasteiger partial charge in [-0.2, -0.15) is 0 Å². The summed E-state index contributed by atoms with van der Waals surface area (Å²) in [7, 11) is -2.97. The van der Waals surface area contributed by atoms with Crippen LogP contribution in [0.5, 0.6) is 0 Å². The highest BCUT2D eigenvalue weighted by atomic mass is 32.2. The molecule has 0 saturated heterocycles. The Balaban J connectivity index is 2.88. The van der Waals surface area contributed by atoms with Gasteiger partial charge in [-0.25, -0.2) is 18.4 Å². The summed E-state index contributed by atoms with van der Waals surface area (Å²) in [5, 5.41) is 6.24. The van der Waals surface area contributed by atoms with E-state index in [-0.39, 0.29) is 16.9 Å². The first kappa shape index (κ1) is 17.7. The van der Waals surface area contributed by atoms with Crippen LogP contribution in [-0.2, 0) is 15.3 Å². The minimum atomic E-state index is -2.97. The lowest BCUT2D eigenvalue weighted by Gasteiger charge is -2.19. The molecule has 1 heterocycles. The highest BCUT2D eigenvalue weighted by Gasteiger charge is 2.19. The van der Waals surface area contributed by atoms with Gasteiger partial charge in [0, 0.05) is 30.3 Å². The highest BCUT2D eigenvalue weighted by Crippen LogP contribution is 2.22. The van der Waals surface area contributed by atoms with Crippen LogP contribution < -0.4 is 10.6 Å². The summed E-state index contributed by atoms with van der Waals surface area (Å²) in [6, 6.07) is 1.80. The number of nitrogens with one attached hydrogen (secondary N) is 2. The Hall–Kier alpha value is -1.37. The average molecular weight is 314 g/mol. The third-order valence-corrected chi connectivity index (χ3v) is 4.62. The van der Waals surface area contributed by atoms with Crippen molar-refractivity contribution in [2.75, 3.05) is 35.2 Å². The van der Waals surface area contributed by atoms with Gasteiger partial charge in [-0.05, 0) is 6.92 Å². The Morgan fingerprint density at radius 3 is 2.14 bits per heavy atom. The topological polar surface area (TPSA) is 84.0 Å². The van der Waals surface area contributed by atoms with Crippen molar-refractivity contribution in [3.63, 3.8) is 0 Å². The Morgan fingerprint density at radius 2 is 1.67 bits per heavy atom. The normalized spacial score (nSPS) is 12.2. The lowest BCUT2D eigenvalue weighted by molar-refractivity contribution is 0.546. The lowest BCUT2D eigenvalue weighted by Crippen LogP contribution is -2.21. The molecule has 120 valence electrons. The third-order valence-electron chi connectivity index (χ3n) is 2.91. The fourth-order valence-corrected chi connectivity index (χ4v) is 2.33. The SMILES string of the molecule is CCNc1cc(NCCS(=O)(=O)CC)nc(C(C)(C)C)n1. The third kappa shape index (κ3) is 5.87. The van der Waals surface area contributed by atoms with Gasteiger partial charge in [0.25, 0.3) is 0 Å². The molecule has 7 heteroatoms. The maximum absolute atomic E-state index is 11.5. The zero-order valence-electron chi connectivity index (χ0n) is 13.5. The number of nitrogens with zero attached hydrogens (tertiary/aromatic N) is 2. The molecule has 0 amide bonds. The van der Waals surface area contributed by atoms with Crippen molar-refractivity contribution >= 4 is 21.5 Å². The van der Waals surface area contributed by atoms with Crippen molar-refractivity contribution in [2.45, 2.75) is 40.0 Å². The first-order valence-corrected chi connectivity index (χ1v) is 9.08. The number of sulfone groups is 1. The summed E-state index contributed by atoms with van der Waals surface area (Å²) in [5.41, 5.74) is -0.169. The first-order valence-electron chi connectivity index (χ1n) is 7.25. The average Bonchev–Trinajstić information content (AvgIpc) is 2.38. The van der Waals surface area contributed by atoms with Crippen LogP contribution in [0.25, 0.3) is 0 Å². The monoisotopic (exact) mass is 314 g/mol. The molecule has 6 nitrogen and oxygen atoms in total.